The van der Waals surface area contributed by atoms with Crippen molar-refractivity contribution in [2.75, 3.05) is 0 Å². The Morgan fingerprint density at radius 3 is 2.45 bits per heavy atom. The van der Waals surface area contributed by atoms with Gasteiger partial charge in [0.2, 0.25) is 5.91 Å². The Kier molecular flexibility index (Phi) is 4.67. The Morgan fingerprint density at radius 2 is 1.71 bits per heavy atom. The van der Waals surface area contributed by atoms with Crippen molar-refractivity contribution < 1.29 is 4.79 Å². The molecule has 31 heavy (non-hydrogen) atoms. The van der Waals surface area contributed by atoms with Crippen LogP contribution in [0, 0.1) is 0 Å². The van der Waals surface area contributed by atoms with Crippen molar-refractivity contribution in [3.8, 4) is 11.1 Å². The van der Waals surface area contributed by atoms with Gasteiger partial charge in [-0.15, -0.1) is 0 Å². The van der Waals surface area contributed by atoms with E-state index < -0.39 is 0 Å². The molecule has 0 bridgehead atoms. The summed E-state index contributed by atoms with van der Waals surface area (Å²) in [5.74, 6) is -0.191. The fourth-order valence-electron chi connectivity index (χ4n) is 4.18. The number of hydrogen-bond donors (Lipinski definition) is 1. The van der Waals surface area contributed by atoms with Crippen molar-refractivity contribution in [1.82, 2.24) is 15.0 Å². The molecule has 1 N–H and O–H groups in total. The number of amides is 1. The second-order valence-corrected chi connectivity index (χ2v) is 7.50. The van der Waals surface area contributed by atoms with E-state index in [0.29, 0.717) is 17.7 Å². The van der Waals surface area contributed by atoms with E-state index >= 15 is 0 Å². The van der Waals surface area contributed by atoms with Gasteiger partial charge in [-0.1, -0.05) is 54.6 Å². The number of pyridine rings is 2. The predicted molar refractivity (Wildman–Crippen MR) is 121 cm³/mol. The van der Waals surface area contributed by atoms with E-state index in [-0.39, 0.29) is 17.5 Å². The van der Waals surface area contributed by atoms with Crippen LogP contribution in [0.25, 0.3) is 22.0 Å². The normalized spacial score (nSPS) is 15.8. The molecule has 3 heterocycles. The van der Waals surface area contributed by atoms with Gasteiger partial charge in [0.25, 0.3) is 5.56 Å². The Bertz CT molecular complexity index is 1360. The number of carbonyl (C=O) groups excluding carboxylic acids is 1. The first kappa shape index (κ1) is 18.9. The molecule has 1 aliphatic rings. The third-order valence-corrected chi connectivity index (χ3v) is 5.53. The lowest BCUT2D eigenvalue weighted by Crippen LogP contribution is -2.24. The molecule has 2 aromatic heterocycles. The summed E-state index contributed by atoms with van der Waals surface area (Å²) in [4.78, 5) is 33.1. The molecule has 1 atom stereocenters. The van der Waals surface area contributed by atoms with Crippen LogP contribution < -0.4 is 5.56 Å². The molecular weight excluding hydrogens is 388 g/mol. The maximum Gasteiger partial charge on any atom is 0.258 e. The van der Waals surface area contributed by atoms with Gasteiger partial charge in [0.05, 0.1) is 17.0 Å². The van der Waals surface area contributed by atoms with Gasteiger partial charge in [-0.3, -0.25) is 14.6 Å². The average molecular weight is 408 g/mol. The molecule has 0 saturated carbocycles. The number of aromatic amines is 1. The largest absolute Gasteiger partial charge is 0.321 e. The molecule has 6 heteroatoms. The van der Waals surface area contributed by atoms with Gasteiger partial charge in [0.1, 0.15) is 6.04 Å². The van der Waals surface area contributed by atoms with E-state index in [9.17, 15) is 9.59 Å². The number of carbonyl (C=O) groups is 1. The van der Waals surface area contributed by atoms with Crippen molar-refractivity contribution in [3.63, 3.8) is 0 Å². The quantitative estimate of drug-likeness (QED) is 0.549. The topological polar surface area (TPSA) is 78.4 Å². The number of rotatable bonds is 3. The Labute approximate surface area is 178 Å². The molecule has 0 unspecified atom stereocenters. The number of benzene rings is 2. The lowest BCUT2D eigenvalue weighted by atomic mass is 9.91. The van der Waals surface area contributed by atoms with Gasteiger partial charge in [0.15, 0.2) is 0 Å². The number of para-hydroxylation sites is 1. The molecule has 0 aliphatic carbocycles. The van der Waals surface area contributed by atoms with Gasteiger partial charge < -0.3 is 4.98 Å². The van der Waals surface area contributed by atoms with E-state index in [0.717, 1.165) is 27.7 Å². The number of hydrazone groups is 1. The highest BCUT2D eigenvalue weighted by molar-refractivity contribution is 6.12. The van der Waals surface area contributed by atoms with Crippen molar-refractivity contribution in [2.24, 2.45) is 5.10 Å². The number of nitrogens with zero attached hydrogens (tertiary/aromatic N) is 3. The number of nitrogens with one attached hydrogen (secondary N) is 1. The summed E-state index contributed by atoms with van der Waals surface area (Å²) in [5, 5.41) is 6.97. The van der Waals surface area contributed by atoms with Crippen LogP contribution in [-0.4, -0.2) is 26.6 Å². The molecule has 0 fully saturated rings. The zero-order valence-electron chi connectivity index (χ0n) is 16.9. The lowest BCUT2D eigenvalue weighted by Gasteiger charge is -2.19. The van der Waals surface area contributed by atoms with E-state index in [1.165, 1.54) is 11.9 Å². The van der Waals surface area contributed by atoms with E-state index in [1.54, 1.807) is 6.20 Å². The molecule has 1 amide bonds. The highest BCUT2D eigenvalue weighted by Crippen LogP contribution is 2.36. The number of hydrogen-bond acceptors (Lipinski definition) is 4. The number of fused-ring (bicyclic) bond motifs is 1. The van der Waals surface area contributed by atoms with Crippen molar-refractivity contribution in [2.45, 2.75) is 19.4 Å². The van der Waals surface area contributed by atoms with Crippen LogP contribution in [0.5, 0.6) is 0 Å². The second-order valence-electron chi connectivity index (χ2n) is 7.50. The van der Waals surface area contributed by atoms with Crippen LogP contribution in [0.3, 0.4) is 0 Å². The molecule has 5 rings (SSSR count). The van der Waals surface area contributed by atoms with Crippen molar-refractivity contribution in [3.05, 3.63) is 101 Å². The first-order valence-electron chi connectivity index (χ1n) is 10.1. The third-order valence-electron chi connectivity index (χ3n) is 5.53. The van der Waals surface area contributed by atoms with Gasteiger partial charge in [-0.05, 0) is 23.8 Å². The summed E-state index contributed by atoms with van der Waals surface area (Å²) >= 11 is 0. The van der Waals surface area contributed by atoms with Gasteiger partial charge in [0, 0.05) is 36.0 Å². The van der Waals surface area contributed by atoms with Crippen LogP contribution in [0.4, 0.5) is 0 Å². The summed E-state index contributed by atoms with van der Waals surface area (Å²) < 4.78 is 0. The Balaban J connectivity index is 1.74. The molecule has 4 aromatic rings. The molecule has 2 aromatic carbocycles. The molecule has 1 aliphatic heterocycles. The molecular formula is C25H20N4O2. The van der Waals surface area contributed by atoms with Crippen molar-refractivity contribution >= 4 is 22.5 Å². The molecule has 0 saturated heterocycles. The second kappa shape index (κ2) is 7.65. The summed E-state index contributed by atoms with van der Waals surface area (Å²) in [7, 11) is 0. The average Bonchev–Trinajstić information content (AvgIpc) is 3.25. The maximum atomic E-state index is 13.3. The van der Waals surface area contributed by atoms with E-state index in [4.69, 9.17) is 0 Å². The lowest BCUT2D eigenvalue weighted by molar-refractivity contribution is -0.130. The summed E-state index contributed by atoms with van der Waals surface area (Å²) in [5.41, 5.74) is 4.11. The Hall–Kier alpha value is -4.06. The van der Waals surface area contributed by atoms with E-state index in [1.807, 2.05) is 72.8 Å². The SMILES string of the molecule is CC(=O)N1N=C(c2c(-c3ccccc3)c3ccccc3[nH]c2=O)C[C@@H]1c1ccccn1. The molecule has 0 radical (unpaired) electrons. The highest BCUT2D eigenvalue weighted by Gasteiger charge is 2.34. The molecule has 0 spiro atoms. The van der Waals surface area contributed by atoms with Crippen LogP contribution in [0.1, 0.15) is 30.6 Å². The van der Waals surface area contributed by atoms with E-state index in [2.05, 4.69) is 15.1 Å². The minimum absolute atomic E-state index is 0.191. The monoisotopic (exact) mass is 408 g/mol. The zero-order valence-corrected chi connectivity index (χ0v) is 16.9. The Morgan fingerprint density at radius 1 is 0.968 bits per heavy atom. The number of aromatic nitrogens is 2. The van der Waals surface area contributed by atoms with Crippen LogP contribution in [-0.2, 0) is 4.79 Å². The summed E-state index contributed by atoms with van der Waals surface area (Å²) in [6.07, 6.45) is 2.11. The van der Waals surface area contributed by atoms with Gasteiger partial charge in [-0.25, -0.2) is 5.01 Å². The zero-order chi connectivity index (χ0) is 21.4. The minimum atomic E-state index is -0.344. The van der Waals surface area contributed by atoms with Gasteiger partial charge >= 0.3 is 0 Å². The first-order valence-corrected chi connectivity index (χ1v) is 10.1. The van der Waals surface area contributed by atoms with Crippen LogP contribution in [0.15, 0.2) is 88.9 Å². The molecule has 6 nitrogen and oxygen atoms in total. The van der Waals surface area contributed by atoms with Crippen LogP contribution in [0.2, 0.25) is 0 Å². The molecule has 152 valence electrons. The fraction of sp³-hybridized carbons (Fsp3) is 0.120. The highest BCUT2D eigenvalue weighted by atomic mass is 16.2. The summed E-state index contributed by atoms with van der Waals surface area (Å²) in [6, 6.07) is 22.8. The standard InChI is InChI=1S/C25H20N4O2/c1-16(30)29-22(20-13-7-8-14-26-20)15-21(28-29)24-23(17-9-3-2-4-10-17)18-11-5-6-12-19(18)27-25(24)31/h2-14,22H,15H2,1H3,(H,27,31)/t22-/m1/s1. The number of H-pyrrole nitrogens is 1. The first-order chi connectivity index (χ1) is 15.1. The third kappa shape index (κ3) is 3.32. The van der Waals surface area contributed by atoms with Crippen LogP contribution >= 0.6 is 0 Å². The fourth-order valence-corrected chi connectivity index (χ4v) is 4.18. The predicted octanol–water partition coefficient (Wildman–Crippen LogP) is 4.29. The smallest absolute Gasteiger partial charge is 0.258 e. The maximum absolute atomic E-state index is 13.3. The van der Waals surface area contributed by atoms with Crippen molar-refractivity contribution in [1.29, 1.82) is 0 Å². The van der Waals surface area contributed by atoms with Gasteiger partial charge in [-0.2, -0.15) is 5.10 Å². The minimum Gasteiger partial charge on any atom is -0.321 e. The summed E-state index contributed by atoms with van der Waals surface area (Å²) in [6.45, 7) is 1.48.